The van der Waals surface area contributed by atoms with E-state index in [4.69, 9.17) is 4.74 Å². The number of aromatic amines is 1. The molecule has 0 fully saturated rings. The Labute approximate surface area is 128 Å². The first-order valence-corrected chi connectivity index (χ1v) is 6.99. The molecule has 0 aliphatic rings. The quantitative estimate of drug-likeness (QED) is 0.777. The molecule has 0 bridgehead atoms. The van der Waals surface area contributed by atoms with Gasteiger partial charge < -0.3 is 9.72 Å². The number of ether oxygens (including phenoxy) is 1. The largest absolute Gasteiger partial charge is 0.497 e. The third kappa shape index (κ3) is 2.65. The molecule has 0 aliphatic heterocycles. The summed E-state index contributed by atoms with van der Waals surface area (Å²) >= 11 is 0. The van der Waals surface area contributed by atoms with E-state index in [0.29, 0.717) is 17.3 Å². The Kier molecular flexibility index (Phi) is 3.55. The molecule has 1 aromatic heterocycles. The highest BCUT2D eigenvalue weighted by Gasteiger charge is 2.10. The normalized spacial score (nSPS) is 10.7. The number of nitrogens with zero attached hydrogens (tertiary/aromatic N) is 1. The zero-order valence-corrected chi connectivity index (χ0v) is 12.7. The predicted octanol–water partition coefficient (Wildman–Crippen LogP) is 3.44. The molecule has 0 atom stereocenters. The first-order chi connectivity index (χ1) is 10.6. The second-order valence-electron chi connectivity index (χ2n) is 5.23. The molecular weight excluding hydrogens is 278 g/mol. The minimum absolute atomic E-state index is 0.230. The van der Waals surface area contributed by atoms with Gasteiger partial charge in [0.25, 0.3) is 5.91 Å². The van der Waals surface area contributed by atoms with Gasteiger partial charge in [-0.1, -0.05) is 6.07 Å². The van der Waals surface area contributed by atoms with Gasteiger partial charge in [-0.3, -0.25) is 10.1 Å². The monoisotopic (exact) mass is 295 g/mol. The van der Waals surface area contributed by atoms with Crippen LogP contribution in [0.25, 0.3) is 11.0 Å². The number of nitrogens with one attached hydrogen (secondary N) is 2. The lowest BCUT2D eigenvalue weighted by atomic mass is 10.1. The summed E-state index contributed by atoms with van der Waals surface area (Å²) in [5, 5.41) is 2.78. The number of hydrogen-bond acceptors (Lipinski definition) is 3. The van der Waals surface area contributed by atoms with E-state index in [-0.39, 0.29) is 5.91 Å². The van der Waals surface area contributed by atoms with Crippen LogP contribution in [0.4, 0.5) is 5.95 Å². The van der Waals surface area contributed by atoms with Crippen molar-refractivity contribution >= 4 is 22.9 Å². The number of carbonyl (C=O) groups is 1. The van der Waals surface area contributed by atoms with Crippen molar-refractivity contribution in [3.8, 4) is 5.75 Å². The Morgan fingerprint density at radius 3 is 2.73 bits per heavy atom. The molecule has 22 heavy (non-hydrogen) atoms. The van der Waals surface area contributed by atoms with E-state index >= 15 is 0 Å². The van der Waals surface area contributed by atoms with Crippen molar-refractivity contribution in [1.82, 2.24) is 9.97 Å². The molecule has 0 unspecified atom stereocenters. The molecule has 0 radical (unpaired) electrons. The molecule has 5 heteroatoms. The van der Waals surface area contributed by atoms with Gasteiger partial charge in [0.05, 0.1) is 18.1 Å². The second-order valence-corrected chi connectivity index (χ2v) is 5.23. The van der Waals surface area contributed by atoms with Crippen LogP contribution in [-0.2, 0) is 0 Å². The molecule has 2 N–H and O–H groups in total. The van der Waals surface area contributed by atoms with Crippen molar-refractivity contribution in [2.75, 3.05) is 12.4 Å². The topological polar surface area (TPSA) is 67.0 Å². The summed E-state index contributed by atoms with van der Waals surface area (Å²) in [4.78, 5) is 19.8. The van der Waals surface area contributed by atoms with Gasteiger partial charge in [0.15, 0.2) is 0 Å². The van der Waals surface area contributed by atoms with E-state index in [1.54, 1.807) is 31.4 Å². The van der Waals surface area contributed by atoms with Crippen molar-refractivity contribution in [1.29, 1.82) is 0 Å². The first kappa shape index (κ1) is 14.1. The standard InChI is InChI=1S/C17H17N3O2/c1-10-7-14-15(8-11(10)2)19-17(18-14)20-16(21)12-5-4-6-13(9-12)22-3/h4-9H,1-3H3,(H2,18,19,20,21). The summed E-state index contributed by atoms with van der Waals surface area (Å²) < 4.78 is 5.13. The molecule has 5 nitrogen and oxygen atoms in total. The van der Waals surface area contributed by atoms with Crippen LogP contribution in [0.1, 0.15) is 21.5 Å². The van der Waals surface area contributed by atoms with Crippen LogP contribution in [0.5, 0.6) is 5.75 Å². The van der Waals surface area contributed by atoms with Crippen LogP contribution in [-0.4, -0.2) is 23.0 Å². The summed E-state index contributed by atoms with van der Waals surface area (Å²) in [6, 6.07) is 11.0. The number of amides is 1. The SMILES string of the molecule is COc1cccc(C(=O)Nc2nc3cc(C)c(C)cc3[nH]2)c1. The van der Waals surface area contributed by atoms with Gasteiger partial charge in [0, 0.05) is 5.56 Å². The fourth-order valence-electron chi connectivity index (χ4n) is 2.27. The first-order valence-electron chi connectivity index (χ1n) is 6.99. The summed E-state index contributed by atoms with van der Waals surface area (Å²) in [6.45, 7) is 4.09. The molecule has 0 spiro atoms. The number of H-pyrrole nitrogens is 1. The zero-order chi connectivity index (χ0) is 15.7. The minimum atomic E-state index is -0.230. The summed E-state index contributed by atoms with van der Waals surface area (Å²) in [6.07, 6.45) is 0. The lowest BCUT2D eigenvalue weighted by Gasteiger charge is -2.04. The van der Waals surface area contributed by atoms with E-state index in [0.717, 1.165) is 11.0 Å². The Morgan fingerprint density at radius 1 is 1.18 bits per heavy atom. The smallest absolute Gasteiger partial charge is 0.258 e. The molecule has 0 aliphatic carbocycles. The molecular formula is C17H17N3O2. The Bertz CT molecular complexity index is 813. The lowest BCUT2D eigenvalue weighted by Crippen LogP contribution is -2.12. The number of benzene rings is 2. The van der Waals surface area contributed by atoms with Crippen LogP contribution in [0.15, 0.2) is 36.4 Å². The van der Waals surface area contributed by atoms with Crippen molar-refractivity contribution in [3.63, 3.8) is 0 Å². The number of aryl methyl sites for hydroxylation is 2. The molecule has 1 heterocycles. The average Bonchev–Trinajstić information content (AvgIpc) is 2.89. The van der Waals surface area contributed by atoms with Gasteiger partial charge in [-0.05, 0) is 55.3 Å². The fourth-order valence-corrected chi connectivity index (χ4v) is 2.27. The van der Waals surface area contributed by atoms with Crippen molar-refractivity contribution in [2.45, 2.75) is 13.8 Å². The van der Waals surface area contributed by atoms with E-state index in [2.05, 4.69) is 15.3 Å². The maximum Gasteiger partial charge on any atom is 0.258 e. The minimum Gasteiger partial charge on any atom is -0.497 e. The molecule has 2 aromatic carbocycles. The number of imidazole rings is 1. The number of aromatic nitrogens is 2. The molecule has 3 rings (SSSR count). The van der Waals surface area contributed by atoms with Crippen molar-refractivity contribution < 1.29 is 9.53 Å². The van der Waals surface area contributed by atoms with E-state index in [9.17, 15) is 4.79 Å². The van der Waals surface area contributed by atoms with Gasteiger partial charge in [-0.25, -0.2) is 4.98 Å². The van der Waals surface area contributed by atoms with Crippen LogP contribution < -0.4 is 10.1 Å². The van der Waals surface area contributed by atoms with E-state index in [1.807, 2.05) is 26.0 Å². The fraction of sp³-hybridized carbons (Fsp3) is 0.176. The zero-order valence-electron chi connectivity index (χ0n) is 12.7. The highest BCUT2D eigenvalue weighted by molar-refractivity contribution is 6.04. The number of fused-ring (bicyclic) bond motifs is 1. The number of methoxy groups -OCH3 is 1. The van der Waals surface area contributed by atoms with Crippen LogP contribution >= 0.6 is 0 Å². The van der Waals surface area contributed by atoms with Crippen LogP contribution in [0, 0.1) is 13.8 Å². The van der Waals surface area contributed by atoms with Gasteiger partial charge in [-0.15, -0.1) is 0 Å². The maximum absolute atomic E-state index is 12.3. The van der Waals surface area contributed by atoms with E-state index in [1.165, 1.54) is 11.1 Å². The number of anilines is 1. The molecule has 0 saturated heterocycles. The Hall–Kier alpha value is -2.82. The number of carbonyl (C=O) groups excluding carboxylic acids is 1. The van der Waals surface area contributed by atoms with Crippen molar-refractivity contribution in [3.05, 3.63) is 53.1 Å². The van der Waals surface area contributed by atoms with Gasteiger partial charge in [-0.2, -0.15) is 0 Å². The predicted molar refractivity (Wildman–Crippen MR) is 86.5 cm³/mol. The molecule has 3 aromatic rings. The van der Waals surface area contributed by atoms with Gasteiger partial charge >= 0.3 is 0 Å². The second kappa shape index (κ2) is 5.52. The number of rotatable bonds is 3. The van der Waals surface area contributed by atoms with Crippen molar-refractivity contribution in [2.24, 2.45) is 0 Å². The number of hydrogen-bond donors (Lipinski definition) is 2. The molecule has 0 saturated carbocycles. The Morgan fingerprint density at radius 2 is 1.95 bits per heavy atom. The summed E-state index contributed by atoms with van der Waals surface area (Å²) in [5.41, 5.74) is 4.62. The molecule has 1 amide bonds. The third-order valence-electron chi connectivity index (χ3n) is 3.66. The lowest BCUT2D eigenvalue weighted by molar-refractivity contribution is 0.102. The maximum atomic E-state index is 12.3. The van der Waals surface area contributed by atoms with Crippen LogP contribution in [0.3, 0.4) is 0 Å². The summed E-state index contributed by atoms with van der Waals surface area (Å²) in [7, 11) is 1.57. The van der Waals surface area contributed by atoms with E-state index < -0.39 is 0 Å². The highest BCUT2D eigenvalue weighted by atomic mass is 16.5. The third-order valence-corrected chi connectivity index (χ3v) is 3.66. The Balaban J connectivity index is 1.87. The summed E-state index contributed by atoms with van der Waals surface area (Å²) in [5.74, 6) is 0.850. The van der Waals surface area contributed by atoms with Gasteiger partial charge in [0.2, 0.25) is 5.95 Å². The average molecular weight is 295 g/mol. The highest BCUT2D eigenvalue weighted by Crippen LogP contribution is 2.20. The van der Waals surface area contributed by atoms with Gasteiger partial charge in [0.1, 0.15) is 5.75 Å². The van der Waals surface area contributed by atoms with Crippen LogP contribution in [0.2, 0.25) is 0 Å². The molecule has 112 valence electrons.